The Morgan fingerprint density at radius 3 is 0.759 bits per heavy atom. The summed E-state index contributed by atoms with van der Waals surface area (Å²) in [6, 6.07) is 81.0. The molecule has 8 nitrogen and oxygen atoms in total. The van der Waals surface area contributed by atoms with Crippen molar-refractivity contribution in [2.75, 3.05) is 0 Å². The third-order valence-corrected chi connectivity index (χ3v) is 24.9. The lowest BCUT2D eigenvalue weighted by Gasteiger charge is -2.25. The molecule has 108 heavy (non-hydrogen) atoms. The normalized spacial score (nSPS) is 14.9. The van der Waals surface area contributed by atoms with Crippen LogP contribution in [0.4, 0.5) is 0 Å². The number of aromatic nitrogens is 8. The minimum Gasteiger partial charge on any atom is -0.237 e. The summed E-state index contributed by atoms with van der Waals surface area (Å²) in [4.78, 5) is 39.8. The Balaban J connectivity index is 0.952. The summed E-state index contributed by atoms with van der Waals surface area (Å²) in [7, 11) is 0. The van der Waals surface area contributed by atoms with Crippen LogP contribution in [-0.2, 0) is 27.1 Å². The van der Waals surface area contributed by atoms with E-state index in [0.717, 1.165) is 99.1 Å². The fraction of sp³-hybridized carbons (Fsp3) is 0.160. The molecule has 0 unspecified atom stereocenters. The second kappa shape index (κ2) is 22.5. The van der Waals surface area contributed by atoms with E-state index >= 15 is 0 Å². The van der Waals surface area contributed by atoms with Crippen LogP contribution >= 0.6 is 0 Å². The van der Waals surface area contributed by atoms with Crippen LogP contribution in [0.2, 0.25) is 0 Å². The van der Waals surface area contributed by atoms with Crippen molar-refractivity contribution in [1.82, 2.24) is 39.9 Å². The maximum atomic E-state index is 5.00. The van der Waals surface area contributed by atoms with Crippen molar-refractivity contribution < 1.29 is 0 Å². The molecule has 0 fully saturated rings. The number of fused-ring (bicyclic) bond motifs is 14. The molecule has 4 aromatic heterocycles. The van der Waals surface area contributed by atoms with Crippen LogP contribution in [0.5, 0.6) is 0 Å². The minimum absolute atomic E-state index is 0.0649. The summed E-state index contributed by atoms with van der Waals surface area (Å²) in [5.74, 6) is 2.75. The summed E-state index contributed by atoms with van der Waals surface area (Å²) in [5, 5.41) is 9.27. The van der Waals surface area contributed by atoms with Gasteiger partial charge in [-0.25, -0.2) is 39.9 Å². The lowest BCUT2D eigenvalue weighted by atomic mass is 9.78. The first kappa shape index (κ1) is 63.9. The Morgan fingerprint density at radius 1 is 0.222 bits per heavy atom. The van der Waals surface area contributed by atoms with Gasteiger partial charge >= 0.3 is 0 Å². The predicted octanol–water partition coefficient (Wildman–Crippen LogP) is 24.8. The third kappa shape index (κ3) is 9.16. The molecule has 0 radical (unpaired) electrons. The number of rotatable bonds is 8. The number of hydrogen-bond acceptors (Lipinski definition) is 8. The first-order valence-corrected chi connectivity index (χ1v) is 37.7. The Hall–Kier alpha value is -12.5. The van der Waals surface area contributed by atoms with E-state index in [0.29, 0.717) is 23.3 Å². The fourth-order valence-electron chi connectivity index (χ4n) is 19.5. The van der Waals surface area contributed by atoms with Gasteiger partial charge in [-0.1, -0.05) is 167 Å². The standard InChI is InChI=1S/C100H76N8/c1-96(2,3)65-28-29-69-81(54-65)100(10,11)85-53-64(95-107-36-21-37-108-95)49-73(91(69)85)58-41-60-40-57(72-48-63(94-105-34-20-35-106-94)52-84-90(72)68-24-14-17-27-80(68)99(84,8)9)43-75-74-42-55(70-46-61(92-101-30-18-31-102-92)50-82-88(70)66-22-12-15-25-78(66)97(82,4)5)38-59-39-56(44-76(86(59)74)77(45-58)87(60)75)71-47-62(93-103-32-19-33-104-93)51-83-89(71)67-23-13-16-26-79(67)98(83,6)7/h12-54H,1-11H3. The molecule has 0 bridgehead atoms. The second-order valence-electron chi connectivity index (χ2n) is 33.5. The smallest absolute Gasteiger partial charge is 0.159 e. The quantitative estimate of drug-likeness (QED) is 0.109. The van der Waals surface area contributed by atoms with E-state index in [2.05, 4.69) is 264 Å². The van der Waals surface area contributed by atoms with Gasteiger partial charge in [0.2, 0.25) is 0 Å². The van der Waals surface area contributed by atoms with E-state index in [1.807, 2.05) is 73.8 Å². The molecule has 0 N–H and O–H groups in total. The second-order valence-corrected chi connectivity index (χ2v) is 33.5. The van der Waals surface area contributed by atoms with Crippen LogP contribution in [0, 0.1) is 0 Å². The van der Waals surface area contributed by atoms with Crippen molar-refractivity contribution in [3.05, 3.63) is 312 Å². The maximum absolute atomic E-state index is 5.00. The molecule has 0 amide bonds. The van der Waals surface area contributed by atoms with E-state index in [-0.39, 0.29) is 27.1 Å². The third-order valence-electron chi connectivity index (χ3n) is 24.9. The molecule has 4 heterocycles. The van der Waals surface area contributed by atoms with E-state index in [1.54, 1.807) is 0 Å². The molecule has 0 saturated carbocycles. The summed E-state index contributed by atoms with van der Waals surface area (Å²) < 4.78 is 0. The molecule has 8 heteroatoms. The van der Waals surface area contributed by atoms with Crippen molar-refractivity contribution in [3.8, 4) is 135 Å². The summed E-state index contributed by atoms with van der Waals surface area (Å²) in [5.41, 5.74) is 32.9. The number of hydrogen-bond donors (Lipinski definition) is 0. The van der Waals surface area contributed by atoms with Crippen LogP contribution in [0.25, 0.3) is 178 Å². The van der Waals surface area contributed by atoms with Crippen molar-refractivity contribution >= 4 is 43.1 Å². The van der Waals surface area contributed by atoms with E-state index in [1.165, 1.54) is 105 Å². The Labute approximate surface area is 628 Å². The van der Waals surface area contributed by atoms with Crippen molar-refractivity contribution in [2.45, 2.75) is 103 Å². The molecule has 4 aliphatic carbocycles. The summed E-state index contributed by atoms with van der Waals surface area (Å²) >= 11 is 0. The zero-order valence-electron chi connectivity index (χ0n) is 62.4. The topological polar surface area (TPSA) is 103 Å². The van der Waals surface area contributed by atoms with Gasteiger partial charge in [0.05, 0.1) is 0 Å². The Bertz CT molecular complexity index is 6570. The molecule has 4 aliphatic rings. The van der Waals surface area contributed by atoms with Gasteiger partial charge in [-0.05, 0) is 309 Å². The average Bonchev–Trinajstić information content (AvgIpc) is 1.14. The van der Waals surface area contributed by atoms with E-state index in [4.69, 9.17) is 39.9 Å². The number of benzene rings is 13. The lowest BCUT2D eigenvalue weighted by molar-refractivity contribution is 0.584. The van der Waals surface area contributed by atoms with Gasteiger partial charge < -0.3 is 0 Å². The van der Waals surface area contributed by atoms with Gasteiger partial charge in [0, 0.05) is 93.5 Å². The van der Waals surface area contributed by atoms with Gasteiger partial charge in [-0.3, -0.25) is 0 Å². The highest BCUT2D eigenvalue weighted by Crippen LogP contribution is 2.61. The summed E-state index contributed by atoms with van der Waals surface area (Å²) in [6.07, 6.45) is 14.9. The van der Waals surface area contributed by atoms with Crippen molar-refractivity contribution in [3.63, 3.8) is 0 Å². The van der Waals surface area contributed by atoms with Crippen LogP contribution in [0.1, 0.15) is 126 Å². The predicted molar refractivity (Wildman–Crippen MR) is 442 cm³/mol. The zero-order chi connectivity index (χ0) is 73.2. The Kier molecular flexibility index (Phi) is 13.3. The van der Waals surface area contributed by atoms with Gasteiger partial charge in [0.1, 0.15) is 0 Å². The van der Waals surface area contributed by atoms with Crippen LogP contribution in [0.3, 0.4) is 0 Å². The highest BCUT2D eigenvalue weighted by atomic mass is 14.9. The first-order chi connectivity index (χ1) is 52.2. The van der Waals surface area contributed by atoms with Gasteiger partial charge in [0.25, 0.3) is 0 Å². The molecule has 516 valence electrons. The minimum atomic E-state index is -0.371. The molecule has 0 spiro atoms. The van der Waals surface area contributed by atoms with E-state index < -0.39 is 0 Å². The van der Waals surface area contributed by atoms with Crippen molar-refractivity contribution in [2.24, 2.45) is 0 Å². The van der Waals surface area contributed by atoms with Gasteiger partial charge in [0.15, 0.2) is 23.3 Å². The highest BCUT2D eigenvalue weighted by Gasteiger charge is 2.43. The molecule has 0 saturated heterocycles. The molecule has 0 atom stereocenters. The van der Waals surface area contributed by atoms with Crippen molar-refractivity contribution in [1.29, 1.82) is 0 Å². The highest BCUT2D eigenvalue weighted by molar-refractivity contribution is 6.35. The van der Waals surface area contributed by atoms with Crippen LogP contribution in [-0.4, -0.2) is 39.9 Å². The first-order valence-electron chi connectivity index (χ1n) is 37.7. The van der Waals surface area contributed by atoms with Crippen LogP contribution < -0.4 is 0 Å². The molecule has 21 rings (SSSR count). The molecule has 13 aromatic carbocycles. The van der Waals surface area contributed by atoms with Gasteiger partial charge in [-0.15, -0.1) is 0 Å². The summed E-state index contributed by atoms with van der Waals surface area (Å²) in [6.45, 7) is 26.0. The monoisotopic (exact) mass is 1390 g/mol. The van der Waals surface area contributed by atoms with Crippen LogP contribution in [0.15, 0.2) is 262 Å². The Morgan fingerprint density at radius 2 is 0.481 bits per heavy atom. The van der Waals surface area contributed by atoms with Gasteiger partial charge in [-0.2, -0.15) is 0 Å². The molecule has 0 aliphatic heterocycles. The van der Waals surface area contributed by atoms with E-state index in [9.17, 15) is 0 Å². The molecular weight excluding hydrogens is 1310 g/mol. The maximum Gasteiger partial charge on any atom is 0.159 e. The SMILES string of the molecule is CC(C)(C)c1ccc2c(c1)C(C)(C)c1cc(-c3ncccn3)cc(-c3cc4cc(-c5cc(-c6ncccn6)cc6c5-c5ccccc5C6(C)C)cc5c6cc(-c7cc(-c8ncccn8)cc8c7-c7ccccc7C8(C)C)cc7cc(-c8cc(-c9ncccn9)cc9c8-c8ccccc8C9(C)C)cc(c(c3)c45)c76)c1-2. The largest absolute Gasteiger partial charge is 0.237 e. The molecule has 17 aromatic rings. The number of nitrogens with zero attached hydrogens (tertiary/aromatic N) is 8. The average molecular weight is 1390 g/mol. The zero-order valence-corrected chi connectivity index (χ0v) is 62.4. The fourth-order valence-corrected chi connectivity index (χ4v) is 19.5. The lowest BCUT2D eigenvalue weighted by Crippen LogP contribution is -2.17. The molecular formula is C100H76N8.